The summed E-state index contributed by atoms with van der Waals surface area (Å²) in [5.74, 6) is 2.21. The van der Waals surface area contributed by atoms with Gasteiger partial charge in [-0.3, -0.25) is 15.1 Å². The maximum atomic E-state index is 10.7. The molecule has 2 heterocycles. The van der Waals surface area contributed by atoms with Crippen LogP contribution in [0.5, 0.6) is 11.5 Å². The molecule has 0 amide bonds. The minimum Gasteiger partial charge on any atom is -0.457 e. The molecule has 3 aromatic rings. The highest BCUT2D eigenvalue weighted by Crippen LogP contribution is 2.27. The van der Waals surface area contributed by atoms with Gasteiger partial charge in [-0.15, -0.1) is 11.8 Å². The summed E-state index contributed by atoms with van der Waals surface area (Å²) in [6.07, 6.45) is 0. The Morgan fingerprint density at radius 3 is 2.56 bits per heavy atom. The van der Waals surface area contributed by atoms with Gasteiger partial charge in [0.05, 0.1) is 16.1 Å². The quantitative estimate of drug-likeness (QED) is 0.513. The molecule has 0 radical (unpaired) electrons. The lowest BCUT2D eigenvalue weighted by Crippen LogP contribution is -1.96. The molecule has 0 spiro atoms. The van der Waals surface area contributed by atoms with Crippen molar-refractivity contribution < 1.29 is 9.66 Å². The number of fused-ring (bicyclic) bond motifs is 1. The first-order valence-corrected chi connectivity index (χ1v) is 8.68. The number of hydrogen-bond acceptors (Lipinski definition) is 6. The second kappa shape index (κ2) is 6.52. The van der Waals surface area contributed by atoms with Gasteiger partial charge in [0.25, 0.3) is 5.69 Å². The summed E-state index contributed by atoms with van der Waals surface area (Å²) < 4.78 is 5.77. The molecule has 0 aliphatic carbocycles. The molecule has 124 valence electrons. The summed E-state index contributed by atoms with van der Waals surface area (Å²) in [5.41, 5.74) is 1.82. The van der Waals surface area contributed by atoms with Gasteiger partial charge < -0.3 is 4.74 Å². The van der Waals surface area contributed by atoms with Crippen molar-refractivity contribution in [2.45, 2.75) is 0 Å². The molecule has 7 heteroatoms. The Morgan fingerprint density at radius 2 is 1.84 bits per heavy atom. The van der Waals surface area contributed by atoms with Crippen LogP contribution in [0.1, 0.15) is 5.69 Å². The molecule has 0 N–H and O–H groups in total. The Bertz CT molecular complexity index is 987. The van der Waals surface area contributed by atoms with E-state index in [0.717, 1.165) is 33.9 Å². The molecule has 0 fully saturated rings. The molecule has 1 aliphatic rings. The first-order valence-electron chi connectivity index (χ1n) is 7.70. The molecule has 0 unspecified atom stereocenters. The summed E-state index contributed by atoms with van der Waals surface area (Å²) >= 11 is 1.73. The maximum Gasteiger partial charge on any atom is 0.269 e. The third-order valence-corrected chi connectivity index (χ3v) is 4.75. The van der Waals surface area contributed by atoms with E-state index < -0.39 is 4.92 Å². The average molecular weight is 351 g/mol. The third kappa shape index (κ3) is 3.32. The Labute approximate surface area is 147 Å². The van der Waals surface area contributed by atoms with Crippen LogP contribution in [0.4, 0.5) is 5.69 Å². The smallest absolute Gasteiger partial charge is 0.269 e. The lowest BCUT2D eigenvalue weighted by molar-refractivity contribution is -0.384. The largest absolute Gasteiger partial charge is 0.457 e. The van der Waals surface area contributed by atoms with E-state index in [1.165, 1.54) is 12.1 Å². The van der Waals surface area contributed by atoms with Gasteiger partial charge in [-0.25, -0.2) is 4.98 Å². The van der Waals surface area contributed by atoms with Crippen molar-refractivity contribution in [3.05, 3.63) is 70.4 Å². The van der Waals surface area contributed by atoms with Gasteiger partial charge in [0.1, 0.15) is 16.5 Å². The number of ether oxygens (including phenoxy) is 1. The molecule has 25 heavy (non-hydrogen) atoms. The number of benzene rings is 2. The topological polar surface area (TPSA) is 77.6 Å². The fourth-order valence-corrected chi connectivity index (χ4v) is 3.37. The summed E-state index contributed by atoms with van der Waals surface area (Å²) in [7, 11) is 0. The van der Waals surface area contributed by atoms with Crippen molar-refractivity contribution in [3.8, 4) is 11.5 Å². The zero-order valence-corrected chi connectivity index (χ0v) is 13.9. The zero-order chi connectivity index (χ0) is 17.2. The lowest BCUT2D eigenvalue weighted by atomic mass is 10.2. The monoisotopic (exact) mass is 351 g/mol. The van der Waals surface area contributed by atoms with Crippen LogP contribution in [0.3, 0.4) is 0 Å². The van der Waals surface area contributed by atoms with Crippen molar-refractivity contribution in [2.24, 2.45) is 4.99 Å². The number of hydrogen-bond donors (Lipinski definition) is 0. The molecule has 0 saturated heterocycles. The molecule has 1 aromatic heterocycles. The summed E-state index contributed by atoms with van der Waals surface area (Å²) in [6, 6.07) is 15.6. The summed E-state index contributed by atoms with van der Waals surface area (Å²) in [5, 5.41) is 12.6. The van der Waals surface area contributed by atoms with Gasteiger partial charge in [0, 0.05) is 29.8 Å². The van der Waals surface area contributed by atoms with Crippen LogP contribution in [-0.4, -0.2) is 27.2 Å². The zero-order valence-electron chi connectivity index (χ0n) is 13.1. The van der Waals surface area contributed by atoms with E-state index in [4.69, 9.17) is 4.74 Å². The van der Waals surface area contributed by atoms with E-state index in [2.05, 4.69) is 9.98 Å². The predicted octanol–water partition coefficient (Wildman–Crippen LogP) is 4.43. The molecule has 0 atom stereocenters. The van der Waals surface area contributed by atoms with Gasteiger partial charge in [-0.05, 0) is 36.4 Å². The second-order valence-corrected chi connectivity index (χ2v) is 6.52. The SMILES string of the molecule is O=[N+]([O-])c1ccc(Oc2ccc3nc(C4=NCCS4)ccc3c2)cc1. The molecular weight excluding hydrogens is 338 g/mol. The molecule has 0 saturated carbocycles. The Morgan fingerprint density at radius 1 is 1.04 bits per heavy atom. The highest BCUT2D eigenvalue weighted by molar-refractivity contribution is 8.14. The van der Waals surface area contributed by atoms with Crippen molar-refractivity contribution in [1.29, 1.82) is 0 Å². The molecule has 0 bridgehead atoms. The number of nitro benzene ring substituents is 1. The number of pyridine rings is 1. The number of nitro groups is 1. The molecule has 4 rings (SSSR count). The van der Waals surface area contributed by atoms with Crippen LogP contribution in [0.15, 0.2) is 59.6 Å². The Balaban J connectivity index is 1.58. The van der Waals surface area contributed by atoms with E-state index >= 15 is 0 Å². The van der Waals surface area contributed by atoms with E-state index in [1.807, 2.05) is 30.3 Å². The molecule has 2 aromatic carbocycles. The fourth-order valence-electron chi connectivity index (χ4n) is 2.55. The van der Waals surface area contributed by atoms with Gasteiger partial charge in [-0.2, -0.15) is 0 Å². The normalized spacial score (nSPS) is 13.7. The highest BCUT2D eigenvalue weighted by Gasteiger charge is 2.12. The minimum absolute atomic E-state index is 0.0373. The van der Waals surface area contributed by atoms with Gasteiger partial charge in [-0.1, -0.05) is 6.07 Å². The Kier molecular flexibility index (Phi) is 4.07. The van der Waals surface area contributed by atoms with Crippen molar-refractivity contribution in [1.82, 2.24) is 4.98 Å². The number of aromatic nitrogens is 1. The molecule has 6 nitrogen and oxygen atoms in total. The number of rotatable bonds is 4. The predicted molar refractivity (Wildman–Crippen MR) is 98.8 cm³/mol. The summed E-state index contributed by atoms with van der Waals surface area (Å²) in [4.78, 5) is 19.4. The van der Waals surface area contributed by atoms with Gasteiger partial charge in [0.2, 0.25) is 0 Å². The highest BCUT2D eigenvalue weighted by atomic mass is 32.2. The van der Waals surface area contributed by atoms with Crippen LogP contribution < -0.4 is 4.74 Å². The van der Waals surface area contributed by atoms with Crippen LogP contribution in [0, 0.1) is 10.1 Å². The molecular formula is C18H13N3O3S. The third-order valence-electron chi connectivity index (χ3n) is 3.75. The van der Waals surface area contributed by atoms with Gasteiger partial charge in [0.15, 0.2) is 0 Å². The van der Waals surface area contributed by atoms with E-state index in [0.29, 0.717) is 11.5 Å². The van der Waals surface area contributed by atoms with Crippen LogP contribution >= 0.6 is 11.8 Å². The Hall–Kier alpha value is -2.93. The lowest BCUT2D eigenvalue weighted by Gasteiger charge is -2.07. The fraction of sp³-hybridized carbons (Fsp3) is 0.111. The number of non-ortho nitro benzene ring substituents is 1. The van der Waals surface area contributed by atoms with Crippen molar-refractivity contribution in [2.75, 3.05) is 12.3 Å². The number of thioether (sulfide) groups is 1. The first-order chi connectivity index (χ1) is 12.2. The van der Waals surface area contributed by atoms with Crippen molar-refractivity contribution >= 4 is 33.4 Å². The van der Waals surface area contributed by atoms with Crippen molar-refractivity contribution in [3.63, 3.8) is 0 Å². The van der Waals surface area contributed by atoms with E-state index in [1.54, 1.807) is 23.9 Å². The number of nitrogens with zero attached hydrogens (tertiary/aromatic N) is 3. The maximum absolute atomic E-state index is 10.7. The van der Waals surface area contributed by atoms with Crippen LogP contribution in [0.25, 0.3) is 10.9 Å². The molecule has 1 aliphatic heterocycles. The first kappa shape index (κ1) is 15.6. The van der Waals surface area contributed by atoms with Gasteiger partial charge >= 0.3 is 0 Å². The minimum atomic E-state index is -0.435. The second-order valence-electron chi connectivity index (χ2n) is 5.44. The number of aliphatic imine (C=N–C) groups is 1. The average Bonchev–Trinajstić information content (AvgIpc) is 3.16. The van der Waals surface area contributed by atoms with Crippen LogP contribution in [0.2, 0.25) is 0 Å². The van der Waals surface area contributed by atoms with E-state index in [-0.39, 0.29) is 5.69 Å². The standard InChI is InChI=1S/C18H13N3O3S/c22-21(23)13-2-4-14(5-3-13)24-15-6-8-16-12(11-15)1-7-17(20-16)18-19-9-10-25-18/h1-8,11H,9-10H2. The van der Waals surface area contributed by atoms with Crippen LogP contribution in [-0.2, 0) is 0 Å². The summed E-state index contributed by atoms with van der Waals surface area (Å²) in [6.45, 7) is 0.849. The van der Waals surface area contributed by atoms with E-state index in [9.17, 15) is 10.1 Å².